The maximum atomic E-state index is 12.5. The van der Waals surface area contributed by atoms with E-state index < -0.39 is 19.0 Å². The molecule has 0 fully saturated rings. The molecule has 0 aliphatic carbocycles. The summed E-state index contributed by atoms with van der Waals surface area (Å²) in [5.41, 5.74) is 5.61. The largest absolute Gasteiger partial charge is 0.471 e. The molecule has 0 spiro atoms. The van der Waals surface area contributed by atoms with E-state index in [4.69, 9.17) is 5.73 Å². The Kier molecular flexibility index (Phi) is 3.51. The van der Waals surface area contributed by atoms with Crippen LogP contribution in [-0.4, -0.2) is 28.9 Å². The molecule has 0 radical (unpaired) electrons. The van der Waals surface area contributed by atoms with Crippen molar-refractivity contribution in [2.75, 3.05) is 12.3 Å². The smallest absolute Gasteiger partial charge is 0.340 e. The average Bonchev–Trinajstić information content (AvgIpc) is 2.13. The van der Waals surface area contributed by atoms with Crippen LogP contribution in [0.4, 0.5) is 23.5 Å². The number of nitrogen functional groups attached to an aromatic ring is 1. The van der Waals surface area contributed by atoms with E-state index in [0.29, 0.717) is 5.69 Å². The van der Waals surface area contributed by atoms with E-state index in [1.54, 1.807) is 0 Å². The Morgan fingerprint density at radius 2 is 2.06 bits per heavy atom. The number of rotatable bonds is 4. The Morgan fingerprint density at radius 3 is 2.56 bits per heavy atom. The highest BCUT2D eigenvalue weighted by Crippen LogP contribution is 2.23. The number of halogens is 4. The van der Waals surface area contributed by atoms with Crippen LogP contribution in [0.2, 0.25) is 0 Å². The molecule has 1 rings (SSSR count). The third-order valence-corrected chi connectivity index (χ3v) is 1.58. The van der Waals surface area contributed by atoms with E-state index in [1.807, 2.05) is 0 Å². The van der Waals surface area contributed by atoms with Gasteiger partial charge in [-0.05, 0) is 6.92 Å². The number of nitrogens with two attached hydrogens (primary N) is 1. The molecular weight excluding hydrogens is 230 g/mol. The van der Waals surface area contributed by atoms with E-state index in [-0.39, 0.29) is 11.8 Å². The molecule has 16 heavy (non-hydrogen) atoms. The quantitative estimate of drug-likeness (QED) is 0.811. The van der Waals surface area contributed by atoms with Crippen molar-refractivity contribution < 1.29 is 22.3 Å². The third-order valence-electron chi connectivity index (χ3n) is 1.58. The molecule has 0 unspecified atom stereocenters. The van der Waals surface area contributed by atoms with Crippen molar-refractivity contribution in [2.24, 2.45) is 0 Å². The first-order valence-electron chi connectivity index (χ1n) is 4.21. The highest BCUT2D eigenvalue weighted by Gasteiger charge is 2.41. The zero-order valence-corrected chi connectivity index (χ0v) is 8.25. The summed E-state index contributed by atoms with van der Waals surface area (Å²) in [6.07, 6.45) is -3.78. The molecule has 0 bridgehead atoms. The average molecular weight is 239 g/mol. The number of alkyl halides is 4. The second kappa shape index (κ2) is 4.50. The summed E-state index contributed by atoms with van der Waals surface area (Å²) in [4.78, 5) is 7.13. The summed E-state index contributed by atoms with van der Waals surface area (Å²) in [5, 5.41) is 0. The highest BCUT2D eigenvalue weighted by atomic mass is 19.3. The number of nitrogens with zero attached hydrogens (tertiary/aromatic N) is 2. The minimum atomic E-state index is -4.21. The van der Waals surface area contributed by atoms with Crippen molar-refractivity contribution in [2.45, 2.75) is 19.3 Å². The Bertz CT molecular complexity index is 352. The Morgan fingerprint density at radius 1 is 1.44 bits per heavy atom. The molecule has 8 heteroatoms. The molecule has 0 aliphatic rings. The zero-order valence-electron chi connectivity index (χ0n) is 8.25. The van der Waals surface area contributed by atoms with E-state index >= 15 is 0 Å². The van der Waals surface area contributed by atoms with Crippen LogP contribution >= 0.6 is 0 Å². The summed E-state index contributed by atoms with van der Waals surface area (Å²) in [7, 11) is 0. The van der Waals surface area contributed by atoms with Gasteiger partial charge in [-0.1, -0.05) is 0 Å². The van der Waals surface area contributed by atoms with Gasteiger partial charge in [-0.2, -0.15) is 13.8 Å². The SMILES string of the molecule is Cc1cc(OCC(F)(F)C(F)F)nc(N)n1. The van der Waals surface area contributed by atoms with Gasteiger partial charge < -0.3 is 10.5 Å². The third kappa shape index (κ3) is 3.21. The first-order valence-corrected chi connectivity index (χ1v) is 4.21. The van der Waals surface area contributed by atoms with Gasteiger partial charge >= 0.3 is 12.3 Å². The van der Waals surface area contributed by atoms with E-state index in [2.05, 4.69) is 14.7 Å². The van der Waals surface area contributed by atoms with Crippen molar-refractivity contribution in [3.8, 4) is 5.88 Å². The first kappa shape index (κ1) is 12.5. The van der Waals surface area contributed by atoms with Crippen LogP contribution in [0.3, 0.4) is 0 Å². The van der Waals surface area contributed by atoms with Gasteiger partial charge in [-0.15, -0.1) is 0 Å². The molecule has 0 aromatic carbocycles. The van der Waals surface area contributed by atoms with Gasteiger partial charge in [-0.25, -0.2) is 13.8 Å². The molecule has 90 valence electrons. The summed E-state index contributed by atoms with van der Waals surface area (Å²) in [5.74, 6) is -4.64. The minimum absolute atomic E-state index is 0.171. The van der Waals surface area contributed by atoms with E-state index in [0.717, 1.165) is 0 Å². The van der Waals surface area contributed by atoms with Crippen LogP contribution in [0, 0.1) is 6.92 Å². The van der Waals surface area contributed by atoms with Crippen molar-refractivity contribution in [1.82, 2.24) is 9.97 Å². The second-order valence-electron chi connectivity index (χ2n) is 3.06. The predicted molar refractivity (Wildman–Crippen MR) is 47.6 cm³/mol. The van der Waals surface area contributed by atoms with Crippen LogP contribution in [0.25, 0.3) is 0 Å². The molecule has 1 heterocycles. The van der Waals surface area contributed by atoms with Gasteiger partial charge in [0.2, 0.25) is 11.8 Å². The fraction of sp³-hybridized carbons (Fsp3) is 0.500. The van der Waals surface area contributed by atoms with Gasteiger partial charge in [0.05, 0.1) is 0 Å². The molecule has 0 saturated carbocycles. The van der Waals surface area contributed by atoms with Crippen LogP contribution in [-0.2, 0) is 0 Å². The fourth-order valence-electron chi connectivity index (χ4n) is 0.869. The summed E-state index contributed by atoms with van der Waals surface area (Å²) in [6, 6.07) is 1.22. The number of hydrogen-bond donors (Lipinski definition) is 1. The van der Waals surface area contributed by atoms with Crippen molar-refractivity contribution in [3.63, 3.8) is 0 Å². The number of aryl methyl sites for hydroxylation is 1. The van der Waals surface area contributed by atoms with Crippen LogP contribution in [0.5, 0.6) is 5.88 Å². The molecule has 0 atom stereocenters. The maximum Gasteiger partial charge on any atom is 0.340 e. The summed E-state index contributed by atoms with van der Waals surface area (Å²) in [6.45, 7) is 0.0801. The lowest BCUT2D eigenvalue weighted by Crippen LogP contribution is -2.34. The Labute approximate surface area is 88.4 Å². The number of ether oxygens (including phenoxy) is 1. The topological polar surface area (TPSA) is 61.0 Å². The molecule has 0 aliphatic heterocycles. The summed E-state index contributed by atoms with van der Waals surface area (Å²) < 4.78 is 53.0. The van der Waals surface area contributed by atoms with Crippen molar-refractivity contribution in [3.05, 3.63) is 11.8 Å². The predicted octanol–water partition coefficient (Wildman–Crippen LogP) is 1.65. The van der Waals surface area contributed by atoms with Crippen molar-refractivity contribution in [1.29, 1.82) is 0 Å². The molecule has 1 aromatic rings. The fourth-order valence-corrected chi connectivity index (χ4v) is 0.869. The molecule has 2 N–H and O–H groups in total. The van der Waals surface area contributed by atoms with E-state index in [9.17, 15) is 17.6 Å². The Hall–Kier alpha value is -1.60. The lowest BCUT2D eigenvalue weighted by atomic mass is 10.4. The molecular formula is C8H9F4N3O. The molecule has 4 nitrogen and oxygen atoms in total. The van der Waals surface area contributed by atoms with E-state index in [1.165, 1.54) is 13.0 Å². The zero-order chi connectivity index (χ0) is 12.3. The lowest BCUT2D eigenvalue weighted by Gasteiger charge is -2.15. The van der Waals surface area contributed by atoms with Crippen LogP contribution in [0.1, 0.15) is 5.69 Å². The van der Waals surface area contributed by atoms with Gasteiger partial charge in [0.15, 0.2) is 6.61 Å². The minimum Gasteiger partial charge on any atom is -0.471 e. The number of aromatic nitrogens is 2. The van der Waals surface area contributed by atoms with Gasteiger partial charge in [0.1, 0.15) is 0 Å². The van der Waals surface area contributed by atoms with Crippen molar-refractivity contribution >= 4 is 5.95 Å². The monoisotopic (exact) mass is 239 g/mol. The van der Waals surface area contributed by atoms with Crippen LogP contribution < -0.4 is 10.5 Å². The Balaban J connectivity index is 2.68. The molecule has 0 saturated heterocycles. The highest BCUT2D eigenvalue weighted by molar-refractivity contribution is 5.25. The first-order chi connectivity index (χ1) is 7.31. The molecule has 0 amide bonds. The molecule has 1 aromatic heterocycles. The van der Waals surface area contributed by atoms with Gasteiger partial charge in [0, 0.05) is 11.8 Å². The summed E-state index contributed by atoms with van der Waals surface area (Å²) >= 11 is 0. The number of hydrogen-bond acceptors (Lipinski definition) is 4. The van der Waals surface area contributed by atoms with Gasteiger partial charge in [-0.3, -0.25) is 0 Å². The number of anilines is 1. The van der Waals surface area contributed by atoms with Crippen LogP contribution in [0.15, 0.2) is 6.07 Å². The van der Waals surface area contributed by atoms with Gasteiger partial charge in [0.25, 0.3) is 0 Å². The maximum absolute atomic E-state index is 12.5. The standard InChI is InChI=1S/C8H9F4N3O/c1-4-2-5(15-7(13)14-4)16-3-8(11,12)6(9)10/h2,6H,3H2,1H3,(H2,13,14,15). The normalized spacial score (nSPS) is 11.9. The lowest BCUT2D eigenvalue weighted by molar-refractivity contribution is -0.148. The second-order valence-corrected chi connectivity index (χ2v) is 3.06.